The Hall–Kier alpha value is -1.31. The van der Waals surface area contributed by atoms with Crippen molar-refractivity contribution in [3.63, 3.8) is 0 Å². The molecule has 2 heteroatoms. The van der Waals surface area contributed by atoms with E-state index in [1.165, 1.54) is 17.6 Å². The van der Waals surface area contributed by atoms with Gasteiger partial charge in [-0.05, 0) is 24.7 Å². The van der Waals surface area contributed by atoms with Gasteiger partial charge in [0.2, 0.25) is 5.91 Å². The van der Waals surface area contributed by atoms with Crippen LogP contribution in [0.5, 0.6) is 0 Å². The first kappa shape index (κ1) is 12.2. The van der Waals surface area contributed by atoms with Gasteiger partial charge < -0.3 is 5.32 Å². The lowest BCUT2D eigenvalue weighted by atomic mass is 9.79. The van der Waals surface area contributed by atoms with Crippen LogP contribution in [-0.4, -0.2) is 13.0 Å². The zero-order valence-corrected chi connectivity index (χ0v) is 11.0. The van der Waals surface area contributed by atoms with E-state index in [0.717, 1.165) is 12.8 Å². The molecule has 2 rings (SSSR count). The van der Waals surface area contributed by atoms with Crippen molar-refractivity contribution >= 4 is 5.91 Å². The van der Waals surface area contributed by atoms with Crippen LogP contribution in [0.3, 0.4) is 0 Å². The molecule has 2 fully saturated rings. The van der Waals surface area contributed by atoms with Gasteiger partial charge in [0.05, 0.1) is 0 Å². The van der Waals surface area contributed by atoms with Crippen LogP contribution in [0.1, 0.15) is 33.1 Å². The van der Waals surface area contributed by atoms with Crippen LogP contribution in [-0.2, 0) is 4.79 Å². The van der Waals surface area contributed by atoms with Crippen molar-refractivity contribution in [1.29, 1.82) is 0 Å². The minimum absolute atomic E-state index is 0.0514. The van der Waals surface area contributed by atoms with E-state index in [1.54, 1.807) is 13.1 Å². The van der Waals surface area contributed by atoms with Crippen LogP contribution >= 0.6 is 0 Å². The molecule has 17 heavy (non-hydrogen) atoms. The van der Waals surface area contributed by atoms with Crippen molar-refractivity contribution in [3.8, 4) is 0 Å². The molecule has 92 valence electrons. The van der Waals surface area contributed by atoms with E-state index in [9.17, 15) is 4.79 Å². The van der Waals surface area contributed by atoms with Gasteiger partial charge in [-0.15, -0.1) is 0 Å². The van der Waals surface area contributed by atoms with Gasteiger partial charge in [-0.25, -0.2) is 0 Å². The molecule has 0 aromatic rings. The standard InChI is InChI=1S/C15H21NO/c1-11-14(2)9-8-12(10-15(11,14)3)6-5-7-13(17)16-4/h5-7H,1,8-10H2,2-4H3,(H,16,17)/b7-5?,12-6+. The van der Waals surface area contributed by atoms with Crippen molar-refractivity contribution in [1.82, 2.24) is 5.32 Å². The second kappa shape index (κ2) is 3.86. The van der Waals surface area contributed by atoms with Crippen LogP contribution in [0.4, 0.5) is 0 Å². The average Bonchev–Trinajstić information content (AvgIpc) is 2.75. The van der Waals surface area contributed by atoms with Gasteiger partial charge in [0.25, 0.3) is 0 Å². The van der Waals surface area contributed by atoms with Crippen LogP contribution in [0.2, 0.25) is 0 Å². The van der Waals surface area contributed by atoms with Crippen molar-refractivity contribution in [3.05, 3.63) is 36.0 Å². The summed E-state index contributed by atoms with van der Waals surface area (Å²) in [5.74, 6) is -0.0514. The molecule has 2 aliphatic carbocycles. The Morgan fingerprint density at radius 3 is 2.71 bits per heavy atom. The molecule has 0 saturated heterocycles. The number of hydrogen-bond donors (Lipinski definition) is 1. The third-order valence-corrected chi connectivity index (χ3v) is 4.84. The number of carbonyl (C=O) groups excluding carboxylic acids is 1. The molecule has 2 aliphatic rings. The normalized spacial score (nSPS) is 38.3. The van der Waals surface area contributed by atoms with E-state index >= 15 is 0 Å². The highest BCUT2D eigenvalue weighted by Gasteiger charge is 2.65. The zero-order chi connectivity index (χ0) is 12.7. The SMILES string of the molecule is C=C1C2(C)CC/C(=C\C=CC(=O)NC)CC12C. The van der Waals surface area contributed by atoms with Crippen molar-refractivity contribution in [2.75, 3.05) is 7.05 Å². The molecule has 2 atom stereocenters. The maximum Gasteiger partial charge on any atom is 0.243 e. The van der Waals surface area contributed by atoms with Gasteiger partial charge in [0.1, 0.15) is 0 Å². The fourth-order valence-corrected chi connectivity index (χ4v) is 3.10. The number of hydrogen-bond acceptors (Lipinski definition) is 1. The Bertz CT molecular complexity index is 432. The summed E-state index contributed by atoms with van der Waals surface area (Å²) in [6.45, 7) is 8.84. The molecule has 0 spiro atoms. The molecule has 0 radical (unpaired) electrons. The molecule has 0 aromatic heterocycles. The predicted octanol–water partition coefficient (Wildman–Crippen LogP) is 2.98. The second-order valence-electron chi connectivity index (χ2n) is 5.62. The lowest BCUT2D eigenvalue weighted by Crippen LogP contribution is -2.15. The molecule has 2 nitrogen and oxygen atoms in total. The fraction of sp³-hybridized carbons (Fsp3) is 0.533. The first-order valence-electron chi connectivity index (χ1n) is 6.22. The summed E-state index contributed by atoms with van der Waals surface area (Å²) in [6.07, 6.45) is 8.94. The third-order valence-electron chi connectivity index (χ3n) is 4.84. The van der Waals surface area contributed by atoms with E-state index in [4.69, 9.17) is 0 Å². The molecular weight excluding hydrogens is 210 g/mol. The minimum Gasteiger partial charge on any atom is -0.356 e. The predicted molar refractivity (Wildman–Crippen MR) is 70.5 cm³/mol. The summed E-state index contributed by atoms with van der Waals surface area (Å²) < 4.78 is 0. The largest absolute Gasteiger partial charge is 0.356 e. The molecule has 2 saturated carbocycles. The van der Waals surface area contributed by atoms with E-state index in [2.05, 4.69) is 31.8 Å². The molecule has 0 aliphatic heterocycles. The molecule has 1 amide bonds. The number of allylic oxidation sites excluding steroid dienone is 4. The maximum absolute atomic E-state index is 11.1. The van der Waals surface area contributed by atoms with Crippen LogP contribution < -0.4 is 5.32 Å². The molecule has 1 N–H and O–H groups in total. The van der Waals surface area contributed by atoms with Gasteiger partial charge >= 0.3 is 0 Å². The second-order valence-corrected chi connectivity index (χ2v) is 5.62. The fourth-order valence-electron chi connectivity index (χ4n) is 3.10. The highest BCUT2D eigenvalue weighted by atomic mass is 16.1. The summed E-state index contributed by atoms with van der Waals surface area (Å²) in [5.41, 5.74) is 3.51. The van der Waals surface area contributed by atoms with Crippen molar-refractivity contribution in [2.45, 2.75) is 33.1 Å². The maximum atomic E-state index is 11.1. The Morgan fingerprint density at radius 2 is 2.12 bits per heavy atom. The lowest BCUT2D eigenvalue weighted by Gasteiger charge is -2.25. The Balaban J connectivity index is 2.03. The smallest absolute Gasteiger partial charge is 0.243 e. The summed E-state index contributed by atoms with van der Waals surface area (Å²) >= 11 is 0. The number of fused-ring (bicyclic) bond motifs is 1. The van der Waals surface area contributed by atoms with Crippen molar-refractivity contribution in [2.24, 2.45) is 10.8 Å². The molecule has 0 heterocycles. The van der Waals surface area contributed by atoms with Gasteiger partial charge in [-0.2, -0.15) is 0 Å². The number of amides is 1. The van der Waals surface area contributed by atoms with E-state index in [0.29, 0.717) is 10.8 Å². The number of carbonyl (C=O) groups is 1. The lowest BCUT2D eigenvalue weighted by molar-refractivity contribution is -0.116. The quantitative estimate of drug-likeness (QED) is 0.574. The minimum atomic E-state index is -0.0514. The molecule has 0 aromatic carbocycles. The number of likely N-dealkylation sites (N-methyl/N-ethyl adjacent to an activating group) is 1. The number of rotatable bonds is 2. The van der Waals surface area contributed by atoms with E-state index in [-0.39, 0.29) is 5.91 Å². The Morgan fingerprint density at radius 1 is 1.41 bits per heavy atom. The van der Waals surface area contributed by atoms with Crippen LogP contribution in [0.25, 0.3) is 0 Å². The highest BCUT2D eigenvalue weighted by molar-refractivity contribution is 5.87. The van der Waals surface area contributed by atoms with E-state index in [1.807, 2.05) is 6.08 Å². The third kappa shape index (κ3) is 1.76. The zero-order valence-electron chi connectivity index (χ0n) is 11.0. The summed E-state index contributed by atoms with van der Waals surface area (Å²) in [4.78, 5) is 11.1. The topological polar surface area (TPSA) is 29.1 Å². The highest BCUT2D eigenvalue weighted by Crippen LogP contribution is 2.75. The summed E-state index contributed by atoms with van der Waals surface area (Å²) in [7, 11) is 1.64. The summed E-state index contributed by atoms with van der Waals surface area (Å²) in [6, 6.07) is 0. The number of nitrogens with one attached hydrogen (secondary N) is 1. The molecular formula is C15H21NO. The molecule has 0 bridgehead atoms. The van der Waals surface area contributed by atoms with Gasteiger partial charge in [0.15, 0.2) is 0 Å². The monoisotopic (exact) mass is 231 g/mol. The van der Waals surface area contributed by atoms with Crippen LogP contribution in [0.15, 0.2) is 36.0 Å². The van der Waals surface area contributed by atoms with Crippen LogP contribution in [0, 0.1) is 10.8 Å². The van der Waals surface area contributed by atoms with Gasteiger partial charge in [-0.3, -0.25) is 4.79 Å². The Kier molecular flexibility index (Phi) is 2.76. The summed E-state index contributed by atoms with van der Waals surface area (Å²) in [5, 5.41) is 2.57. The average molecular weight is 231 g/mol. The van der Waals surface area contributed by atoms with Gasteiger partial charge in [-0.1, -0.05) is 43.7 Å². The Labute approximate surface area is 103 Å². The first-order valence-corrected chi connectivity index (χ1v) is 6.22. The van der Waals surface area contributed by atoms with Crippen molar-refractivity contribution < 1.29 is 4.79 Å². The molecule has 2 unspecified atom stereocenters. The van der Waals surface area contributed by atoms with E-state index < -0.39 is 0 Å². The first-order chi connectivity index (χ1) is 7.94. The van der Waals surface area contributed by atoms with Gasteiger partial charge in [0, 0.05) is 18.5 Å².